The average molecular weight is 329 g/mol. The first-order valence-electron chi connectivity index (χ1n) is 5.82. The highest BCUT2D eigenvalue weighted by Crippen LogP contribution is 2.32. The van der Waals surface area contributed by atoms with Crippen molar-refractivity contribution in [2.75, 3.05) is 12.4 Å². The van der Waals surface area contributed by atoms with Crippen molar-refractivity contribution < 1.29 is 13.5 Å². The lowest BCUT2D eigenvalue weighted by atomic mass is 10.1. The second-order valence-electron chi connectivity index (χ2n) is 4.12. The van der Waals surface area contributed by atoms with E-state index in [1.165, 1.54) is 19.2 Å². The standard InChI is InChI=1S/C14H11ClF2N2OS/c1-20-11-5-2-7(15)6-10(11)19-9-4-3-8(14(18)21)12(16)13(9)17/h2-6,19H,1H3,(H2,18,21). The van der Waals surface area contributed by atoms with Gasteiger partial charge in [-0.05, 0) is 30.3 Å². The van der Waals surface area contributed by atoms with Gasteiger partial charge in [0.25, 0.3) is 0 Å². The molecular weight excluding hydrogens is 318 g/mol. The summed E-state index contributed by atoms with van der Waals surface area (Å²) in [5.74, 6) is -1.74. The molecule has 0 saturated heterocycles. The molecule has 0 saturated carbocycles. The summed E-state index contributed by atoms with van der Waals surface area (Å²) >= 11 is 10.5. The lowest BCUT2D eigenvalue weighted by molar-refractivity contribution is 0.416. The molecule has 3 nitrogen and oxygen atoms in total. The Morgan fingerprint density at radius 1 is 1.19 bits per heavy atom. The van der Waals surface area contributed by atoms with Crippen molar-refractivity contribution in [1.82, 2.24) is 0 Å². The van der Waals surface area contributed by atoms with E-state index in [2.05, 4.69) is 17.5 Å². The Balaban J connectivity index is 2.43. The highest BCUT2D eigenvalue weighted by Gasteiger charge is 2.16. The second kappa shape index (κ2) is 6.24. The summed E-state index contributed by atoms with van der Waals surface area (Å²) in [7, 11) is 1.46. The largest absolute Gasteiger partial charge is 0.495 e. The molecule has 0 aliphatic rings. The molecule has 0 unspecified atom stereocenters. The van der Waals surface area contributed by atoms with Gasteiger partial charge in [-0.25, -0.2) is 8.78 Å². The van der Waals surface area contributed by atoms with Gasteiger partial charge >= 0.3 is 0 Å². The fourth-order valence-electron chi connectivity index (χ4n) is 1.76. The summed E-state index contributed by atoms with van der Waals surface area (Å²) < 4.78 is 33.0. The lowest BCUT2D eigenvalue weighted by Gasteiger charge is -2.13. The van der Waals surface area contributed by atoms with E-state index in [0.717, 1.165) is 0 Å². The van der Waals surface area contributed by atoms with Gasteiger partial charge in [-0.3, -0.25) is 0 Å². The van der Waals surface area contributed by atoms with Crippen LogP contribution in [0.5, 0.6) is 5.75 Å². The number of hydrogen-bond acceptors (Lipinski definition) is 3. The molecule has 0 fully saturated rings. The van der Waals surface area contributed by atoms with Crippen LogP contribution >= 0.6 is 23.8 Å². The summed E-state index contributed by atoms with van der Waals surface area (Å²) in [4.78, 5) is -0.210. The number of benzene rings is 2. The number of rotatable bonds is 4. The van der Waals surface area contributed by atoms with E-state index in [1.807, 2.05) is 0 Å². The number of thiocarbonyl (C=S) groups is 1. The Labute approximate surface area is 130 Å². The van der Waals surface area contributed by atoms with Gasteiger partial charge in [-0.1, -0.05) is 23.8 Å². The van der Waals surface area contributed by atoms with E-state index in [4.69, 9.17) is 22.1 Å². The van der Waals surface area contributed by atoms with E-state index in [1.54, 1.807) is 18.2 Å². The van der Waals surface area contributed by atoms with Crippen LogP contribution in [0.4, 0.5) is 20.2 Å². The van der Waals surface area contributed by atoms with Gasteiger partial charge in [-0.2, -0.15) is 0 Å². The number of nitrogens with one attached hydrogen (secondary N) is 1. The fourth-order valence-corrected chi connectivity index (χ4v) is 2.09. The maximum absolute atomic E-state index is 14.0. The van der Waals surface area contributed by atoms with E-state index in [-0.39, 0.29) is 16.2 Å². The van der Waals surface area contributed by atoms with Gasteiger partial charge in [0.15, 0.2) is 11.6 Å². The Bertz CT molecular complexity index is 710. The first-order valence-corrected chi connectivity index (χ1v) is 6.61. The second-order valence-corrected chi connectivity index (χ2v) is 5.00. The summed E-state index contributed by atoms with van der Waals surface area (Å²) in [6, 6.07) is 7.42. The fraction of sp³-hybridized carbons (Fsp3) is 0.0714. The SMILES string of the molecule is COc1ccc(Cl)cc1Nc1ccc(C(N)=S)c(F)c1F. The minimum atomic E-state index is -1.10. The molecule has 0 aliphatic carbocycles. The minimum Gasteiger partial charge on any atom is -0.495 e. The zero-order valence-corrected chi connectivity index (χ0v) is 12.5. The van der Waals surface area contributed by atoms with Gasteiger partial charge in [0.2, 0.25) is 0 Å². The molecule has 0 spiro atoms. The number of ether oxygens (including phenoxy) is 1. The monoisotopic (exact) mass is 328 g/mol. The molecular formula is C14H11ClF2N2OS. The van der Waals surface area contributed by atoms with Crippen LogP contribution in [0, 0.1) is 11.6 Å². The van der Waals surface area contributed by atoms with Gasteiger partial charge in [0.1, 0.15) is 10.7 Å². The molecule has 2 rings (SSSR count). The third-order valence-corrected chi connectivity index (χ3v) is 3.23. The van der Waals surface area contributed by atoms with E-state index >= 15 is 0 Å². The highest BCUT2D eigenvalue weighted by molar-refractivity contribution is 7.80. The molecule has 0 radical (unpaired) electrons. The average Bonchev–Trinajstić information content (AvgIpc) is 2.44. The van der Waals surface area contributed by atoms with Crippen LogP contribution in [0.25, 0.3) is 0 Å². The van der Waals surface area contributed by atoms with E-state index in [0.29, 0.717) is 16.5 Å². The molecule has 7 heteroatoms. The van der Waals surface area contributed by atoms with Crippen molar-refractivity contribution in [3.8, 4) is 5.75 Å². The molecule has 0 atom stereocenters. The summed E-state index contributed by atoms with van der Waals surface area (Å²) in [6.45, 7) is 0. The smallest absolute Gasteiger partial charge is 0.182 e. The maximum Gasteiger partial charge on any atom is 0.182 e. The molecule has 3 N–H and O–H groups in total. The molecule has 110 valence electrons. The number of hydrogen-bond donors (Lipinski definition) is 2. The van der Waals surface area contributed by atoms with E-state index < -0.39 is 11.6 Å². The first-order chi connectivity index (χ1) is 9.93. The van der Waals surface area contributed by atoms with Crippen LogP contribution in [0.1, 0.15) is 5.56 Å². The van der Waals surface area contributed by atoms with Crippen molar-refractivity contribution in [3.05, 3.63) is 52.6 Å². The van der Waals surface area contributed by atoms with Crippen molar-refractivity contribution in [3.63, 3.8) is 0 Å². The number of nitrogens with two attached hydrogens (primary N) is 1. The third kappa shape index (κ3) is 3.22. The number of anilines is 2. The summed E-state index contributed by atoms with van der Waals surface area (Å²) in [5.41, 5.74) is 5.50. The molecule has 2 aromatic rings. The molecule has 2 aromatic carbocycles. The minimum absolute atomic E-state index is 0.0759. The zero-order valence-electron chi connectivity index (χ0n) is 10.9. The quantitative estimate of drug-likeness (QED) is 0.833. The van der Waals surface area contributed by atoms with Gasteiger partial charge in [0.05, 0.1) is 18.5 Å². The topological polar surface area (TPSA) is 47.3 Å². The van der Waals surface area contributed by atoms with Gasteiger partial charge in [-0.15, -0.1) is 0 Å². The predicted octanol–water partition coefficient (Wildman–Crippen LogP) is 4.00. The first kappa shape index (κ1) is 15.5. The molecule has 0 aromatic heterocycles. The molecule has 21 heavy (non-hydrogen) atoms. The Kier molecular flexibility index (Phi) is 4.59. The van der Waals surface area contributed by atoms with Crippen molar-refractivity contribution >= 4 is 40.2 Å². The number of halogens is 3. The predicted molar refractivity (Wildman–Crippen MR) is 83.5 cm³/mol. The number of methoxy groups -OCH3 is 1. The summed E-state index contributed by atoms with van der Waals surface area (Å²) in [6.07, 6.45) is 0. The summed E-state index contributed by atoms with van der Waals surface area (Å²) in [5, 5.41) is 3.16. The molecule has 0 heterocycles. The molecule has 0 bridgehead atoms. The van der Waals surface area contributed by atoms with Crippen LogP contribution in [0.3, 0.4) is 0 Å². The van der Waals surface area contributed by atoms with Crippen molar-refractivity contribution in [2.24, 2.45) is 5.73 Å². The van der Waals surface area contributed by atoms with Crippen molar-refractivity contribution in [2.45, 2.75) is 0 Å². The maximum atomic E-state index is 14.0. The Hall–Kier alpha value is -1.92. The molecule has 0 aliphatic heterocycles. The molecule has 0 amide bonds. The van der Waals surface area contributed by atoms with E-state index in [9.17, 15) is 8.78 Å². The van der Waals surface area contributed by atoms with Gasteiger partial charge in [0, 0.05) is 10.6 Å². The van der Waals surface area contributed by atoms with Crippen LogP contribution in [0.2, 0.25) is 5.02 Å². The Morgan fingerprint density at radius 3 is 2.52 bits per heavy atom. The van der Waals surface area contributed by atoms with Crippen molar-refractivity contribution in [1.29, 1.82) is 0 Å². The van der Waals surface area contributed by atoms with Crippen LogP contribution in [-0.2, 0) is 0 Å². The normalized spacial score (nSPS) is 10.3. The van der Waals surface area contributed by atoms with Crippen LogP contribution in [-0.4, -0.2) is 12.1 Å². The lowest BCUT2D eigenvalue weighted by Crippen LogP contribution is -2.13. The van der Waals surface area contributed by atoms with Gasteiger partial charge < -0.3 is 15.8 Å². The van der Waals surface area contributed by atoms with Crippen LogP contribution < -0.4 is 15.8 Å². The zero-order chi connectivity index (χ0) is 15.6. The van der Waals surface area contributed by atoms with Crippen LogP contribution in [0.15, 0.2) is 30.3 Å². The third-order valence-electron chi connectivity index (χ3n) is 2.78. The Morgan fingerprint density at radius 2 is 1.90 bits per heavy atom. The highest BCUT2D eigenvalue weighted by atomic mass is 35.5.